The highest BCUT2D eigenvalue weighted by Gasteiger charge is 2.49. The van der Waals surface area contributed by atoms with Gasteiger partial charge in [-0.3, -0.25) is 9.69 Å². The Balaban J connectivity index is 2.24. The summed E-state index contributed by atoms with van der Waals surface area (Å²) in [5, 5.41) is 20.3. The zero-order valence-electron chi connectivity index (χ0n) is 13.3. The molecule has 22 heavy (non-hydrogen) atoms. The number of nitrogens with zero attached hydrogens (tertiary/aromatic N) is 1. The van der Waals surface area contributed by atoms with E-state index >= 15 is 0 Å². The zero-order chi connectivity index (χ0) is 16.2. The summed E-state index contributed by atoms with van der Waals surface area (Å²) in [6.07, 6.45) is 2.09. The maximum atomic E-state index is 12.0. The fourth-order valence-electron chi connectivity index (χ4n) is 3.16. The van der Waals surface area contributed by atoms with Crippen LogP contribution in [0.2, 0.25) is 0 Å². The van der Waals surface area contributed by atoms with Crippen molar-refractivity contribution in [3.8, 4) is 0 Å². The molecule has 0 aromatic heterocycles. The molecule has 4 nitrogen and oxygen atoms in total. The number of hydrogen-bond donors (Lipinski definition) is 2. The SMILES string of the molecule is CC=C(C)CN1CC[C@H](O)[C@@](Cc2ccccc2)(C(=O)O)C1. The Morgan fingerprint density at radius 2 is 2.09 bits per heavy atom. The molecule has 1 aromatic rings. The molecule has 1 fully saturated rings. The molecule has 1 aliphatic heterocycles. The lowest BCUT2D eigenvalue weighted by Gasteiger charge is -2.43. The standard InChI is InChI=1S/C18H25NO3/c1-3-14(2)12-19-10-9-16(20)18(13-19,17(21)22)11-15-7-5-4-6-8-15/h3-8,16,20H,9-13H2,1-2H3,(H,21,22)/t16-,18-/m0/s1. The van der Waals surface area contributed by atoms with Gasteiger partial charge in [0.2, 0.25) is 0 Å². The number of carboxylic acids is 1. The molecule has 0 saturated carbocycles. The van der Waals surface area contributed by atoms with E-state index in [2.05, 4.69) is 4.90 Å². The average Bonchev–Trinajstić information content (AvgIpc) is 2.51. The number of carboxylic acid groups (broad SMARTS) is 1. The highest BCUT2D eigenvalue weighted by Crippen LogP contribution is 2.35. The molecule has 0 amide bonds. The zero-order valence-corrected chi connectivity index (χ0v) is 13.3. The number of piperidine rings is 1. The Bertz CT molecular complexity index is 541. The van der Waals surface area contributed by atoms with E-state index in [1.807, 2.05) is 50.3 Å². The second-order valence-corrected chi connectivity index (χ2v) is 6.27. The molecule has 1 saturated heterocycles. The summed E-state index contributed by atoms with van der Waals surface area (Å²) in [4.78, 5) is 14.1. The molecular weight excluding hydrogens is 278 g/mol. The predicted octanol–water partition coefficient (Wildman–Crippen LogP) is 2.33. The van der Waals surface area contributed by atoms with Gasteiger partial charge in [-0.1, -0.05) is 42.0 Å². The first-order chi connectivity index (χ1) is 10.5. The van der Waals surface area contributed by atoms with Crippen molar-refractivity contribution in [2.24, 2.45) is 5.41 Å². The van der Waals surface area contributed by atoms with E-state index in [4.69, 9.17) is 0 Å². The predicted molar refractivity (Wildman–Crippen MR) is 86.7 cm³/mol. The summed E-state index contributed by atoms with van der Waals surface area (Å²) in [7, 11) is 0. The van der Waals surface area contributed by atoms with Gasteiger partial charge < -0.3 is 10.2 Å². The van der Waals surface area contributed by atoms with E-state index in [1.165, 1.54) is 5.57 Å². The lowest BCUT2D eigenvalue weighted by Crippen LogP contribution is -2.57. The molecule has 1 aromatic carbocycles. The van der Waals surface area contributed by atoms with Crippen LogP contribution in [0.1, 0.15) is 25.8 Å². The molecule has 0 radical (unpaired) electrons. The van der Waals surface area contributed by atoms with E-state index in [-0.39, 0.29) is 0 Å². The maximum Gasteiger partial charge on any atom is 0.313 e. The number of carbonyl (C=O) groups is 1. The fourth-order valence-corrected chi connectivity index (χ4v) is 3.16. The number of aliphatic hydroxyl groups excluding tert-OH is 1. The van der Waals surface area contributed by atoms with E-state index in [0.29, 0.717) is 19.4 Å². The summed E-state index contributed by atoms with van der Waals surface area (Å²) in [6, 6.07) is 9.57. The molecule has 0 spiro atoms. The molecule has 2 rings (SSSR count). The lowest BCUT2D eigenvalue weighted by molar-refractivity contribution is -0.163. The van der Waals surface area contributed by atoms with Crippen molar-refractivity contribution >= 4 is 5.97 Å². The highest BCUT2D eigenvalue weighted by atomic mass is 16.4. The van der Waals surface area contributed by atoms with Crippen LogP contribution in [-0.2, 0) is 11.2 Å². The van der Waals surface area contributed by atoms with Gasteiger partial charge in [-0.25, -0.2) is 0 Å². The summed E-state index contributed by atoms with van der Waals surface area (Å²) >= 11 is 0. The lowest BCUT2D eigenvalue weighted by atomic mass is 9.72. The van der Waals surface area contributed by atoms with Crippen molar-refractivity contribution in [3.63, 3.8) is 0 Å². The third-order valence-corrected chi connectivity index (χ3v) is 4.62. The molecule has 2 atom stereocenters. The maximum absolute atomic E-state index is 12.0. The van der Waals surface area contributed by atoms with Gasteiger partial charge in [-0.05, 0) is 32.3 Å². The van der Waals surface area contributed by atoms with Crippen molar-refractivity contribution in [3.05, 3.63) is 47.5 Å². The Morgan fingerprint density at radius 3 is 2.68 bits per heavy atom. The van der Waals surface area contributed by atoms with Gasteiger partial charge in [0, 0.05) is 19.6 Å². The minimum absolute atomic E-state index is 0.357. The fraction of sp³-hybridized carbons (Fsp3) is 0.500. The molecule has 0 unspecified atom stereocenters. The van der Waals surface area contributed by atoms with Crippen LogP contribution in [0.4, 0.5) is 0 Å². The van der Waals surface area contributed by atoms with Crippen LogP contribution in [0.25, 0.3) is 0 Å². The molecule has 1 heterocycles. The van der Waals surface area contributed by atoms with Crippen LogP contribution in [0.3, 0.4) is 0 Å². The highest BCUT2D eigenvalue weighted by molar-refractivity contribution is 5.76. The van der Waals surface area contributed by atoms with Crippen molar-refractivity contribution in [2.45, 2.75) is 32.8 Å². The first-order valence-electron chi connectivity index (χ1n) is 7.77. The second kappa shape index (κ2) is 7.07. The first kappa shape index (κ1) is 16.7. The average molecular weight is 303 g/mol. The van der Waals surface area contributed by atoms with Gasteiger partial charge in [0.1, 0.15) is 5.41 Å². The summed E-state index contributed by atoms with van der Waals surface area (Å²) in [5.41, 5.74) is 1.04. The minimum atomic E-state index is -1.13. The molecule has 1 aliphatic rings. The van der Waals surface area contributed by atoms with Gasteiger partial charge >= 0.3 is 5.97 Å². The monoisotopic (exact) mass is 303 g/mol. The van der Waals surface area contributed by atoms with Crippen molar-refractivity contribution in [2.75, 3.05) is 19.6 Å². The number of allylic oxidation sites excluding steroid dienone is 1. The topological polar surface area (TPSA) is 60.8 Å². The summed E-state index contributed by atoms with van der Waals surface area (Å²) < 4.78 is 0. The Morgan fingerprint density at radius 1 is 1.41 bits per heavy atom. The number of likely N-dealkylation sites (tertiary alicyclic amines) is 1. The smallest absolute Gasteiger partial charge is 0.313 e. The molecular formula is C18H25NO3. The van der Waals surface area contributed by atoms with Gasteiger partial charge in [0.15, 0.2) is 0 Å². The third kappa shape index (κ3) is 3.57. The van der Waals surface area contributed by atoms with Crippen molar-refractivity contribution < 1.29 is 15.0 Å². The first-order valence-corrected chi connectivity index (χ1v) is 7.77. The van der Waals surface area contributed by atoms with Crippen LogP contribution in [0, 0.1) is 5.41 Å². The normalized spacial score (nSPS) is 26.9. The quantitative estimate of drug-likeness (QED) is 0.820. The van der Waals surface area contributed by atoms with Gasteiger partial charge in [-0.15, -0.1) is 0 Å². The molecule has 2 N–H and O–H groups in total. The largest absolute Gasteiger partial charge is 0.481 e. The summed E-state index contributed by atoms with van der Waals surface area (Å²) in [5.74, 6) is -0.910. The second-order valence-electron chi connectivity index (χ2n) is 6.27. The number of rotatable bonds is 5. The molecule has 0 bridgehead atoms. The Hall–Kier alpha value is -1.65. The van der Waals surface area contributed by atoms with Crippen LogP contribution >= 0.6 is 0 Å². The Labute approximate surface area is 132 Å². The molecule has 120 valence electrons. The van der Waals surface area contributed by atoms with Crippen molar-refractivity contribution in [1.29, 1.82) is 0 Å². The van der Waals surface area contributed by atoms with E-state index in [9.17, 15) is 15.0 Å². The molecule has 4 heteroatoms. The number of aliphatic hydroxyl groups is 1. The summed E-state index contributed by atoms with van der Waals surface area (Å²) in [6.45, 7) is 5.90. The van der Waals surface area contributed by atoms with Crippen LogP contribution < -0.4 is 0 Å². The number of hydrogen-bond acceptors (Lipinski definition) is 3. The van der Waals surface area contributed by atoms with Gasteiger partial charge in [0.05, 0.1) is 6.10 Å². The van der Waals surface area contributed by atoms with Crippen LogP contribution in [-0.4, -0.2) is 46.8 Å². The van der Waals surface area contributed by atoms with Crippen molar-refractivity contribution in [1.82, 2.24) is 4.90 Å². The third-order valence-electron chi connectivity index (χ3n) is 4.62. The van der Waals surface area contributed by atoms with Gasteiger partial charge in [0.25, 0.3) is 0 Å². The van der Waals surface area contributed by atoms with E-state index in [0.717, 1.165) is 18.7 Å². The minimum Gasteiger partial charge on any atom is -0.481 e. The van der Waals surface area contributed by atoms with Gasteiger partial charge in [-0.2, -0.15) is 0 Å². The van der Waals surface area contributed by atoms with E-state index < -0.39 is 17.5 Å². The van der Waals surface area contributed by atoms with Crippen LogP contribution in [0.15, 0.2) is 42.0 Å². The Kier molecular flexibility index (Phi) is 5.37. The molecule has 0 aliphatic carbocycles. The number of aliphatic carboxylic acids is 1. The van der Waals surface area contributed by atoms with E-state index in [1.54, 1.807) is 0 Å². The van der Waals surface area contributed by atoms with Crippen LogP contribution in [0.5, 0.6) is 0 Å². The number of benzene rings is 1.